The highest BCUT2D eigenvalue weighted by molar-refractivity contribution is 5.82. The van der Waals surface area contributed by atoms with Crippen molar-refractivity contribution in [2.45, 2.75) is 33.2 Å². The van der Waals surface area contributed by atoms with Crippen LogP contribution in [0.4, 0.5) is 0 Å². The Labute approximate surface area is 121 Å². The zero-order chi connectivity index (χ0) is 15.4. The van der Waals surface area contributed by atoms with Crippen molar-refractivity contribution in [2.75, 3.05) is 6.61 Å². The fourth-order valence-corrected chi connectivity index (χ4v) is 2.02. The molecular weight excluding hydrogens is 274 g/mol. The molecule has 7 heteroatoms. The molecule has 0 N–H and O–H groups in total. The Hall–Kier alpha value is -2.44. The van der Waals surface area contributed by atoms with Crippen molar-refractivity contribution in [1.82, 2.24) is 14.2 Å². The molecule has 0 unspecified atom stereocenters. The second-order valence-electron chi connectivity index (χ2n) is 4.69. The van der Waals surface area contributed by atoms with E-state index in [2.05, 4.69) is 5.10 Å². The molecule has 0 fully saturated rings. The molecule has 0 bridgehead atoms. The first kappa shape index (κ1) is 15.0. The van der Waals surface area contributed by atoms with Gasteiger partial charge in [0, 0.05) is 18.8 Å². The number of carbonyl (C=O) groups is 2. The fraction of sp³-hybridized carbons (Fsp3) is 0.429. The predicted octanol–water partition coefficient (Wildman–Crippen LogP) is 0.717. The third kappa shape index (κ3) is 3.56. The lowest BCUT2D eigenvalue weighted by atomic mass is 10.2. The average molecular weight is 291 g/mol. The molecule has 0 saturated carbocycles. The van der Waals surface area contributed by atoms with Crippen molar-refractivity contribution < 1.29 is 14.3 Å². The van der Waals surface area contributed by atoms with Gasteiger partial charge in [-0.1, -0.05) is 0 Å². The van der Waals surface area contributed by atoms with Gasteiger partial charge < -0.3 is 9.30 Å². The normalized spacial score (nSPS) is 10.8. The predicted molar refractivity (Wildman–Crippen MR) is 75.1 cm³/mol. The molecule has 0 saturated heterocycles. The molecule has 0 aromatic carbocycles. The van der Waals surface area contributed by atoms with Gasteiger partial charge >= 0.3 is 5.97 Å². The van der Waals surface area contributed by atoms with Crippen LogP contribution >= 0.6 is 0 Å². The van der Waals surface area contributed by atoms with Gasteiger partial charge in [-0.2, -0.15) is 5.10 Å². The SMILES string of the molecule is CCOC(=O)CCC(=O)Cn1ccn2nc(C)cc2c1=O. The van der Waals surface area contributed by atoms with Crippen molar-refractivity contribution in [1.29, 1.82) is 0 Å². The molecular formula is C14H17N3O4. The monoisotopic (exact) mass is 291 g/mol. The van der Waals surface area contributed by atoms with Crippen LogP contribution in [0.1, 0.15) is 25.5 Å². The van der Waals surface area contributed by atoms with Gasteiger partial charge in [0.15, 0.2) is 5.78 Å². The Morgan fingerprint density at radius 2 is 2.05 bits per heavy atom. The van der Waals surface area contributed by atoms with E-state index in [9.17, 15) is 14.4 Å². The quantitative estimate of drug-likeness (QED) is 0.732. The van der Waals surface area contributed by atoms with Gasteiger partial charge in [0.05, 0.1) is 25.3 Å². The third-order valence-electron chi connectivity index (χ3n) is 2.99. The smallest absolute Gasteiger partial charge is 0.306 e. The summed E-state index contributed by atoms with van der Waals surface area (Å²) in [5.74, 6) is -0.592. The van der Waals surface area contributed by atoms with E-state index in [0.29, 0.717) is 12.1 Å². The molecule has 2 aromatic rings. The van der Waals surface area contributed by atoms with E-state index in [1.54, 1.807) is 26.1 Å². The Morgan fingerprint density at radius 3 is 2.76 bits per heavy atom. The molecule has 7 nitrogen and oxygen atoms in total. The van der Waals surface area contributed by atoms with Crippen LogP contribution in [-0.4, -0.2) is 32.5 Å². The standard InChI is InChI=1S/C14H17N3O4/c1-3-21-13(19)5-4-11(18)9-16-6-7-17-12(14(16)20)8-10(2)15-17/h6-8H,3-5,9H2,1-2H3. The number of hydrogen-bond donors (Lipinski definition) is 0. The van der Waals surface area contributed by atoms with Crippen LogP contribution in [0, 0.1) is 6.92 Å². The van der Waals surface area contributed by atoms with Gasteiger partial charge in [0.1, 0.15) is 5.52 Å². The van der Waals surface area contributed by atoms with Crippen molar-refractivity contribution in [3.63, 3.8) is 0 Å². The summed E-state index contributed by atoms with van der Waals surface area (Å²) in [5, 5.41) is 4.13. The van der Waals surface area contributed by atoms with E-state index in [-0.39, 0.29) is 30.7 Å². The number of aromatic nitrogens is 3. The van der Waals surface area contributed by atoms with E-state index in [0.717, 1.165) is 5.69 Å². The number of esters is 1. The highest BCUT2D eigenvalue weighted by atomic mass is 16.5. The summed E-state index contributed by atoms with van der Waals surface area (Å²) in [6.45, 7) is 3.74. The van der Waals surface area contributed by atoms with E-state index in [1.807, 2.05) is 0 Å². The van der Waals surface area contributed by atoms with Crippen molar-refractivity contribution >= 4 is 17.3 Å². The van der Waals surface area contributed by atoms with Crippen molar-refractivity contribution in [3.05, 3.63) is 34.5 Å². The van der Waals surface area contributed by atoms with E-state index in [1.165, 1.54) is 15.3 Å². The van der Waals surface area contributed by atoms with Crippen LogP contribution in [0.25, 0.3) is 5.52 Å². The summed E-state index contributed by atoms with van der Waals surface area (Å²) in [7, 11) is 0. The Balaban J connectivity index is 2.06. The summed E-state index contributed by atoms with van der Waals surface area (Å²) in [6, 6.07) is 1.67. The molecule has 112 valence electrons. The maximum Gasteiger partial charge on any atom is 0.306 e. The van der Waals surface area contributed by atoms with Gasteiger partial charge in [0.2, 0.25) is 0 Å². The van der Waals surface area contributed by atoms with Crippen LogP contribution in [0.15, 0.2) is 23.3 Å². The van der Waals surface area contributed by atoms with E-state index >= 15 is 0 Å². The molecule has 0 amide bonds. The minimum Gasteiger partial charge on any atom is -0.466 e. The van der Waals surface area contributed by atoms with Crippen LogP contribution < -0.4 is 5.56 Å². The molecule has 0 aliphatic heterocycles. The van der Waals surface area contributed by atoms with Crippen LogP contribution in [-0.2, 0) is 20.9 Å². The molecule has 0 atom stereocenters. The first-order valence-corrected chi connectivity index (χ1v) is 6.74. The maximum atomic E-state index is 12.2. The molecule has 0 aliphatic carbocycles. The molecule has 0 spiro atoms. The molecule has 21 heavy (non-hydrogen) atoms. The van der Waals surface area contributed by atoms with Crippen LogP contribution in [0.2, 0.25) is 0 Å². The number of Topliss-reactive ketones (excluding diaryl/α,β-unsaturated/α-hetero) is 1. The molecule has 2 aromatic heterocycles. The highest BCUT2D eigenvalue weighted by Gasteiger charge is 2.11. The second kappa shape index (κ2) is 6.34. The number of aryl methyl sites for hydroxylation is 1. The third-order valence-corrected chi connectivity index (χ3v) is 2.99. The van der Waals surface area contributed by atoms with Crippen LogP contribution in [0.3, 0.4) is 0 Å². The summed E-state index contributed by atoms with van der Waals surface area (Å²) >= 11 is 0. The topological polar surface area (TPSA) is 82.7 Å². The highest BCUT2D eigenvalue weighted by Crippen LogP contribution is 2.01. The number of ether oxygens (including phenoxy) is 1. The number of ketones is 1. The first-order valence-electron chi connectivity index (χ1n) is 6.74. The van der Waals surface area contributed by atoms with Crippen LogP contribution in [0.5, 0.6) is 0 Å². The van der Waals surface area contributed by atoms with Gasteiger partial charge in [0.25, 0.3) is 5.56 Å². The number of carbonyl (C=O) groups excluding carboxylic acids is 2. The van der Waals surface area contributed by atoms with Crippen molar-refractivity contribution in [3.8, 4) is 0 Å². The zero-order valence-corrected chi connectivity index (χ0v) is 12.0. The summed E-state index contributed by atoms with van der Waals surface area (Å²) < 4.78 is 7.56. The molecule has 0 radical (unpaired) electrons. The number of rotatable bonds is 6. The first-order chi connectivity index (χ1) is 10.0. The largest absolute Gasteiger partial charge is 0.466 e. The van der Waals surface area contributed by atoms with E-state index < -0.39 is 5.97 Å². The Morgan fingerprint density at radius 1 is 1.29 bits per heavy atom. The Bertz CT molecular complexity index is 729. The van der Waals surface area contributed by atoms with Gasteiger partial charge in [-0.05, 0) is 19.9 Å². The number of fused-ring (bicyclic) bond motifs is 1. The number of nitrogens with zero attached hydrogens (tertiary/aromatic N) is 3. The molecule has 2 rings (SSSR count). The lowest BCUT2D eigenvalue weighted by Gasteiger charge is -2.05. The van der Waals surface area contributed by atoms with E-state index in [4.69, 9.17) is 4.74 Å². The second-order valence-corrected chi connectivity index (χ2v) is 4.69. The zero-order valence-electron chi connectivity index (χ0n) is 12.0. The van der Waals surface area contributed by atoms with Gasteiger partial charge in [-0.3, -0.25) is 14.4 Å². The lowest BCUT2D eigenvalue weighted by Crippen LogP contribution is -2.25. The maximum absolute atomic E-state index is 12.2. The minimum atomic E-state index is -0.403. The summed E-state index contributed by atoms with van der Waals surface area (Å²) in [5.41, 5.74) is 0.884. The van der Waals surface area contributed by atoms with Crippen molar-refractivity contribution in [2.24, 2.45) is 0 Å². The lowest BCUT2D eigenvalue weighted by molar-refractivity contribution is -0.144. The summed E-state index contributed by atoms with van der Waals surface area (Å²) in [4.78, 5) is 35.2. The fourth-order valence-electron chi connectivity index (χ4n) is 2.02. The minimum absolute atomic E-state index is 0.0372. The van der Waals surface area contributed by atoms with Gasteiger partial charge in [-0.25, -0.2) is 4.52 Å². The average Bonchev–Trinajstić information content (AvgIpc) is 2.82. The molecule has 2 heterocycles. The molecule has 0 aliphatic rings. The number of hydrogen-bond acceptors (Lipinski definition) is 5. The summed E-state index contributed by atoms with van der Waals surface area (Å²) in [6.07, 6.45) is 3.25. The Kier molecular flexibility index (Phi) is 4.52. The van der Waals surface area contributed by atoms with Gasteiger partial charge in [-0.15, -0.1) is 0 Å².